The summed E-state index contributed by atoms with van der Waals surface area (Å²) in [6.07, 6.45) is 28.5. The monoisotopic (exact) mass is 2220 g/mol. The quantitative estimate of drug-likeness (QED) is 0.0113. The molecule has 4 fully saturated rings. The van der Waals surface area contributed by atoms with Gasteiger partial charge in [-0.25, -0.2) is 4.39 Å². The lowest BCUT2D eigenvalue weighted by Crippen LogP contribution is -2.17. The Balaban J connectivity index is 0.000000203. The molecule has 2 aliphatic carbocycles. The third-order valence-corrected chi connectivity index (χ3v) is 39.0. The van der Waals surface area contributed by atoms with Crippen molar-refractivity contribution in [3.8, 4) is 5.75 Å². The average Bonchev–Trinajstić information content (AvgIpc) is 1.63. The lowest BCUT2D eigenvalue weighted by atomic mass is 9.97. The molecule has 0 saturated carbocycles. The predicted molar refractivity (Wildman–Crippen MR) is 611 cm³/mol. The van der Waals surface area contributed by atoms with Crippen molar-refractivity contribution in [2.75, 3.05) is 148 Å². The van der Waals surface area contributed by atoms with Gasteiger partial charge in [0, 0.05) is 96.5 Å². The van der Waals surface area contributed by atoms with E-state index >= 15 is 0 Å². The first-order chi connectivity index (χ1) is 71.9. The molecular weight excluding hydrogens is 2070 g/mol. The van der Waals surface area contributed by atoms with Crippen LogP contribution in [0.5, 0.6) is 5.75 Å². The van der Waals surface area contributed by atoms with E-state index in [0.29, 0.717) is 63.6 Å². The molecule has 0 N–H and O–H groups in total. The van der Waals surface area contributed by atoms with E-state index in [4.69, 9.17) is 61.6 Å². The minimum Gasteiger partial charge on any atom is -0.497 e. The summed E-state index contributed by atoms with van der Waals surface area (Å²) in [5.41, 5.74) is 14.7. The Bertz CT molecular complexity index is 5440. The van der Waals surface area contributed by atoms with Gasteiger partial charge in [0.25, 0.3) is 0 Å². The van der Waals surface area contributed by atoms with Gasteiger partial charge in [-0.05, 0) is 278 Å². The van der Waals surface area contributed by atoms with Crippen molar-refractivity contribution in [1.82, 2.24) is 0 Å². The van der Waals surface area contributed by atoms with Gasteiger partial charge in [0.05, 0.1) is 84.6 Å². The van der Waals surface area contributed by atoms with Crippen molar-refractivity contribution in [1.29, 1.82) is 0 Å². The summed E-state index contributed by atoms with van der Waals surface area (Å²) in [5.74, 6) is 3.34. The zero-order valence-corrected chi connectivity index (χ0v) is 95.1. The second-order valence-electron chi connectivity index (χ2n) is 36.9. The van der Waals surface area contributed by atoms with Gasteiger partial charge in [-0.2, -0.15) is 0 Å². The van der Waals surface area contributed by atoms with Crippen molar-refractivity contribution in [2.24, 2.45) is 5.92 Å². The lowest BCUT2D eigenvalue weighted by Gasteiger charge is -2.13. The third-order valence-electron chi connectivity index (χ3n) is 25.3. The van der Waals surface area contributed by atoms with Gasteiger partial charge in [0.15, 0.2) is 0 Å². The fourth-order valence-electron chi connectivity index (χ4n) is 16.9. The van der Waals surface area contributed by atoms with Crippen molar-refractivity contribution in [3.63, 3.8) is 0 Å². The summed E-state index contributed by atoms with van der Waals surface area (Å²) in [4.78, 5) is 99.2. The summed E-state index contributed by atoms with van der Waals surface area (Å²) in [6, 6.07) is 48.6. The van der Waals surface area contributed by atoms with Crippen LogP contribution in [0.25, 0.3) is 45.2 Å². The van der Waals surface area contributed by atoms with E-state index in [2.05, 4.69) is 81.6 Å². The Kier molecular flexibility index (Phi) is 57.7. The molecule has 0 bridgehead atoms. The molecule has 7 atom stereocenters. The van der Waals surface area contributed by atoms with Crippen LogP contribution >= 0.6 is 98.1 Å². The summed E-state index contributed by atoms with van der Waals surface area (Å²) < 4.78 is 95.2. The van der Waals surface area contributed by atoms with Crippen molar-refractivity contribution < 1.29 is 109 Å². The summed E-state index contributed by atoms with van der Waals surface area (Å²) in [7, 11) is 16.3. The number of fused-ring (bicyclic) bond motifs is 3. The molecule has 0 spiro atoms. The van der Waals surface area contributed by atoms with Crippen LogP contribution in [-0.4, -0.2) is 221 Å². The van der Waals surface area contributed by atoms with E-state index in [-0.39, 0.29) is 152 Å². The molecule has 33 heteroatoms. The van der Waals surface area contributed by atoms with Crippen LogP contribution in [0, 0.1) is 11.7 Å². The van der Waals surface area contributed by atoms with Gasteiger partial charge in [-0.3, -0.25) is 42.6 Å². The van der Waals surface area contributed by atoms with Gasteiger partial charge in [-0.1, -0.05) is 229 Å². The number of hydrogen-bond acceptors (Lipinski definition) is 31. The molecule has 13 rings (SSSR count). The summed E-state index contributed by atoms with van der Waals surface area (Å²) in [6.45, 7) is 15.7. The van der Waals surface area contributed by atoms with E-state index in [1.165, 1.54) is 90.5 Å². The molecule has 4 heterocycles. The zero-order valence-electron chi connectivity index (χ0n) is 87.0. The number of allylic oxidation sites excluding steroid dienone is 4. The van der Waals surface area contributed by atoms with Gasteiger partial charge < -0.3 is 61.6 Å². The highest BCUT2D eigenvalue weighted by molar-refractivity contribution is 8.78. The summed E-state index contributed by atoms with van der Waals surface area (Å²) >= 11 is 1.72. The first-order valence-corrected chi connectivity index (χ1v) is 63.9. The zero-order chi connectivity index (χ0) is 105. The second-order valence-corrected chi connectivity index (χ2v) is 50.3. The highest BCUT2D eigenvalue weighted by Crippen LogP contribution is 2.48. The third kappa shape index (κ3) is 45.2. The van der Waals surface area contributed by atoms with Crippen LogP contribution in [-0.2, 0) is 112 Å². The number of esters is 8. The summed E-state index contributed by atoms with van der Waals surface area (Å²) in [5, 5.41) is 5.09. The number of rotatable bonds is 59. The van der Waals surface area contributed by atoms with Crippen LogP contribution < -0.4 is 4.74 Å². The standard InChI is InChI=1S/C32H37FO6S3.C32H38O5S3.C26H34O6S2.C25H38O5S2/c1-22-28(19-23-7-10-26(11-8-23)42(2)36)27-12-9-24(33)20-30(27)29(22)21-32(35)39-17-15-37-14-16-38-31(34)6-4-3-5-25-13-18-40-41-25;1-23-29(21-24-11-13-25(38-2)14-12-24)27-8-4-5-9-28(27)30(23)22-32(34)37-19-17-35-16-18-36-31(33)10-6-3-7-26-15-20-39-40-26;1-19(20-7-8-22-18-23(29-2)10-9-21(22)17-20)26(28)32-15-13-30-12-14-31-25(27)6-4-3-5-24-11-16-33-34-24;1-19(2)18-21-8-10-22(11-9-21)20(3)25(27)30-16-14-28-13-15-29-24(26)7-5-4-6-23-12-17-31-32-23/h7-12,19-20,25H,3-6,13-18,21H2,1-2H3;4-5,8-9,11-14,21,26H,3,6-7,10,15-20,22H2,1-2H3;7-10,17-19,24H,3-6,11-16H2,1-2H3;8-11,19-20,23H,4-7,12-18H2,1-3H3/b28-19-;;;/t;;19-,24?;/m..0./s1. The maximum atomic E-state index is 14.2. The van der Waals surface area contributed by atoms with E-state index in [1.807, 2.05) is 198 Å². The first kappa shape index (κ1) is 122. The molecule has 148 heavy (non-hydrogen) atoms. The van der Waals surface area contributed by atoms with E-state index in [9.17, 15) is 47.0 Å². The topological polar surface area (TPSA) is 274 Å². The number of ether oxygens (including phenoxy) is 13. The van der Waals surface area contributed by atoms with E-state index in [0.717, 1.165) is 179 Å². The highest BCUT2D eigenvalue weighted by Gasteiger charge is 2.30. The lowest BCUT2D eigenvalue weighted by molar-refractivity contribution is -0.149. The highest BCUT2D eigenvalue weighted by atomic mass is 33.1. The Morgan fingerprint density at radius 2 is 0.764 bits per heavy atom. The smallest absolute Gasteiger partial charge is 0.313 e. The van der Waals surface area contributed by atoms with E-state index in [1.54, 1.807) is 31.2 Å². The minimum atomic E-state index is -1.06. The minimum absolute atomic E-state index is 0.00324. The molecule has 4 saturated heterocycles. The van der Waals surface area contributed by atoms with Crippen LogP contribution in [0.3, 0.4) is 0 Å². The fraction of sp³-hybridized carbons (Fsp3) is 0.513. The van der Waals surface area contributed by atoms with Crippen molar-refractivity contribution >= 4 is 202 Å². The molecular formula is C115H147FO22S10. The Morgan fingerprint density at radius 3 is 1.16 bits per heavy atom. The number of unbranched alkanes of at least 4 members (excludes halogenated alkanes) is 4. The molecule has 7 aromatic carbocycles. The predicted octanol–water partition coefficient (Wildman–Crippen LogP) is 26.6. The van der Waals surface area contributed by atoms with Gasteiger partial charge in [0.2, 0.25) is 0 Å². The van der Waals surface area contributed by atoms with Crippen LogP contribution in [0.1, 0.15) is 245 Å². The van der Waals surface area contributed by atoms with Crippen molar-refractivity contribution in [3.05, 3.63) is 219 Å². The fourth-order valence-corrected chi connectivity index (χ4v) is 29.9. The molecule has 0 amide bonds. The number of methoxy groups -OCH3 is 1. The van der Waals surface area contributed by atoms with Crippen LogP contribution in [0.15, 0.2) is 173 Å². The van der Waals surface area contributed by atoms with Crippen molar-refractivity contribution in [2.45, 2.75) is 232 Å². The average molecular weight is 2220 g/mol. The van der Waals surface area contributed by atoms with Gasteiger partial charge >= 0.3 is 47.8 Å². The number of carbonyl (C=O) groups is 8. The molecule has 0 aromatic heterocycles. The number of benzene rings is 7. The molecule has 6 aliphatic rings. The molecule has 0 radical (unpaired) electrons. The first-order valence-electron chi connectivity index (χ1n) is 51.6. The van der Waals surface area contributed by atoms with Gasteiger partial charge in [-0.15, -0.1) is 11.8 Å². The van der Waals surface area contributed by atoms with E-state index < -0.39 is 16.8 Å². The normalized spacial score (nSPS) is 17.2. The molecule has 7 aromatic rings. The van der Waals surface area contributed by atoms with Gasteiger partial charge in [0.1, 0.15) is 64.4 Å². The Labute approximate surface area is 913 Å². The number of hydrogen-bond donors (Lipinski definition) is 0. The Hall–Kier alpha value is -7.61. The van der Waals surface area contributed by atoms with Crippen LogP contribution in [0.2, 0.25) is 0 Å². The molecule has 806 valence electrons. The SMILES string of the molecule is CC(C)Cc1ccc(C(C)C(=O)OCCOCCOC(=O)CCCCC2CCSS2)cc1.CC1=C(CC(=O)OCCOCCOC(=O)CCCCC2CCSS2)c2cc(F)ccc2/C1=C\c1ccc(S(C)=O)cc1.COc1ccc2cc([C@H](C)C(=O)OCCOCCOC(=O)CCCCC3CCSS3)ccc2c1.CSc1ccc(C=C2C(C)=C(CC(=O)OCCOCCOC(=O)CCCCC3CCSS3)c3ccccc32)cc1. The number of carbonyl (C=O) groups excluding carboxylic acids is 8. The largest absolute Gasteiger partial charge is 0.497 e. The molecule has 4 aliphatic heterocycles. The maximum absolute atomic E-state index is 14.2. The molecule has 6 unspecified atom stereocenters. The number of thioether (sulfide) groups is 1. The Morgan fingerprint density at radius 1 is 0.399 bits per heavy atom. The second kappa shape index (κ2) is 69.9. The molecule has 22 nitrogen and oxygen atoms in total. The number of halogens is 1. The maximum Gasteiger partial charge on any atom is 0.313 e. The van der Waals surface area contributed by atoms with Crippen LogP contribution in [0.4, 0.5) is 4.39 Å².